The maximum atomic E-state index is 12.9. The van der Waals surface area contributed by atoms with Crippen LogP contribution in [0.2, 0.25) is 0 Å². The molecule has 8 nitrogen and oxygen atoms in total. The van der Waals surface area contributed by atoms with E-state index in [0.29, 0.717) is 31.9 Å². The Morgan fingerprint density at radius 2 is 2.19 bits per heavy atom. The predicted molar refractivity (Wildman–Crippen MR) is 99.2 cm³/mol. The maximum absolute atomic E-state index is 12.9. The van der Waals surface area contributed by atoms with Crippen molar-refractivity contribution < 1.29 is 9.53 Å². The number of hydrogen-bond donors (Lipinski definition) is 1. The van der Waals surface area contributed by atoms with Crippen molar-refractivity contribution in [3.8, 4) is 11.3 Å². The van der Waals surface area contributed by atoms with Gasteiger partial charge in [-0.25, -0.2) is 0 Å². The molecule has 4 heterocycles. The van der Waals surface area contributed by atoms with Crippen molar-refractivity contribution in [2.75, 3.05) is 26.8 Å². The molecule has 0 bridgehead atoms. The summed E-state index contributed by atoms with van der Waals surface area (Å²) >= 11 is 0. The van der Waals surface area contributed by atoms with Crippen molar-refractivity contribution in [3.05, 3.63) is 53.7 Å². The zero-order valence-corrected chi connectivity index (χ0v) is 15.3. The highest BCUT2D eigenvalue weighted by molar-refractivity contribution is 5.92. The topological polar surface area (TPSA) is 88.9 Å². The highest BCUT2D eigenvalue weighted by Crippen LogP contribution is 2.26. The average Bonchev–Trinajstić information content (AvgIpc) is 3.29. The fourth-order valence-electron chi connectivity index (χ4n) is 3.37. The lowest BCUT2D eigenvalue weighted by molar-refractivity contribution is 0.0755. The summed E-state index contributed by atoms with van der Waals surface area (Å²) < 4.78 is 6.79. The number of aromatic amines is 1. The van der Waals surface area contributed by atoms with Gasteiger partial charge in [0, 0.05) is 62.0 Å². The summed E-state index contributed by atoms with van der Waals surface area (Å²) in [7, 11) is 1.65. The normalized spacial score (nSPS) is 14.0. The molecular formula is C19H22N6O2. The van der Waals surface area contributed by atoms with E-state index in [4.69, 9.17) is 4.74 Å². The number of aromatic nitrogens is 5. The Balaban J connectivity index is 1.48. The number of fused-ring (bicyclic) bond motifs is 1. The van der Waals surface area contributed by atoms with Crippen LogP contribution in [0.25, 0.3) is 11.3 Å². The molecule has 0 aliphatic carbocycles. The van der Waals surface area contributed by atoms with Gasteiger partial charge in [0.15, 0.2) is 0 Å². The third-order valence-electron chi connectivity index (χ3n) is 4.82. The van der Waals surface area contributed by atoms with Crippen LogP contribution in [0.3, 0.4) is 0 Å². The van der Waals surface area contributed by atoms with Gasteiger partial charge in [0.25, 0.3) is 5.91 Å². The first-order valence-corrected chi connectivity index (χ1v) is 9.04. The van der Waals surface area contributed by atoms with Crippen LogP contribution in [0.4, 0.5) is 0 Å². The number of methoxy groups -OCH3 is 1. The number of nitrogens with one attached hydrogen (secondary N) is 1. The van der Waals surface area contributed by atoms with Crippen LogP contribution in [0.15, 0.2) is 36.8 Å². The second-order valence-corrected chi connectivity index (χ2v) is 6.52. The van der Waals surface area contributed by atoms with E-state index in [0.717, 1.165) is 29.8 Å². The summed E-state index contributed by atoms with van der Waals surface area (Å²) in [5.74, 6) is -0.0350. The average molecular weight is 366 g/mol. The van der Waals surface area contributed by atoms with Crippen molar-refractivity contribution in [2.24, 2.45) is 0 Å². The van der Waals surface area contributed by atoms with Gasteiger partial charge in [-0.15, -0.1) is 0 Å². The number of pyridine rings is 1. The van der Waals surface area contributed by atoms with Crippen LogP contribution in [0, 0.1) is 0 Å². The second-order valence-electron chi connectivity index (χ2n) is 6.52. The second kappa shape index (κ2) is 7.71. The summed E-state index contributed by atoms with van der Waals surface area (Å²) in [5, 5.41) is 12.0. The molecule has 1 amide bonds. The lowest BCUT2D eigenvalue weighted by Crippen LogP contribution is -2.33. The third kappa shape index (κ3) is 3.61. The SMILES string of the molecule is COCCn1ccc(C(=O)N2CCc3[nH]nc(-c4cccnc4)c3CC2)n1. The minimum atomic E-state index is -0.0350. The van der Waals surface area contributed by atoms with Gasteiger partial charge in [-0.3, -0.25) is 19.6 Å². The van der Waals surface area contributed by atoms with Crippen molar-refractivity contribution >= 4 is 5.91 Å². The van der Waals surface area contributed by atoms with E-state index in [1.54, 1.807) is 24.1 Å². The molecule has 1 aliphatic heterocycles. The van der Waals surface area contributed by atoms with Crippen molar-refractivity contribution in [3.63, 3.8) is 0 Å². The molecule has 0 spiro atoms. The Bertz CT molecular complexity index is 917. The van der Waals surface area contributed by atoms with Crippen LogP contribution in [-0.2, 0) is 24.1 Å². The molecule has 3 aromatic rings. The quantitative estimate of drug-likeness (QED) is 0.740. The number of H-pyrrole nitrogens is 1. The first-order chi connectivity index (χ1) is 13.3. The molecule has 0 aromatic carbocycles. The Morgan fingerprint density at radius 3 is 3.00 bits per heavy atom. The van der Waals surface area contributed by atoms with Gasteiger partial charge in [0.2, 0.25) is 0 Å². The molecule has 3 aromatic heterocycles. The van der Waals surface area contributed by atoms with Gasteiger partial charge in [0.05, 0.1) is 18.8 Å². The first-order valence-electron chi connectivity index (χ1n) is 9.04. The van der Waals surface area contributed by atoms with E-state index < -0.39 is 0 Å². The van der Waals surface area contributed by atoms with Gasteiger partial charge in [-0.2, -0.15) is 10.2 Å². The highest BCUT2D eigenvalue weighted by Gasteiger charge is 2.24. The third-order valence-corrected chi connectivity index (χ3v) is 4.82. The van der Waals surface area contributed by atoms with Crippen LogP contribution in [0.1, 0.15) is 21.7 Å². The summed E-state index contributed by atoms with van der Waals surface area (Å²) in [5.41, 5.74) is 4.66. The first kappa shape index (κ1) is 17.4. The highest BCUT2D eigenvalue weighted by atomic mass is 16.5. The van der Waals surface area contributed by atoms with Crippen LogP contribution >= 0.6 is 0 Å². The van der Waals surface area contributed by atoms with Gasteiger partial charge >= 0.3 is 0 Å². The summed E-state index contributed by atoms with van der Waals surface area (Å²) in [6, 6.07) is 5.68. The molecule has 0 saturated carbocycles. The molecule has 140 valence electrons. The Hall–Kier alpha value is -3.00. The molecule has 4 rings (SSSR count). The monoisotopic (exact) mass is 366 g/mol. The van der Waals surface area contributed by atoms with Gasteiger partial charge in [0.1, 0.15) is 5.69 Å². The van der Waals surface area contributed by atoms with Gasteiger partial charge in [-0.1, -0.05) is 0 Å². The Morgan fingerprint density at radius 1 is 1.30 bits per heavy atom. The number of rotatable bonds is 5. The number of amides is 1. The Labute approximate surface area is 157 Å². The van der Waals surface area contributed by atoms with Crippen molar-refractivity contribution in [1.29, 1.82) is 0 Å². The van der Waals surface area contributed by atoms with Crippen LogP contribution < -0.4 is 0 Å². The minimum Gasteiger partial charge on any atom is -0.383 e. The molecule has 0 atom stereocenters. The molecule has 1 aliphatic rings. The Kier molecular flexibility index (Phi) is 4.97. The molecule has 0 unspecified atom stereocenters. The molecule has 0 radical (unpaired) electrons. The van der Waals surface area contributed by atoms with E-state index >= 15 is 0 Å². The summed E-state index contributed by atoms with van der Waals surface area (Å²) in [6.45, 7) is 2.49. The molecule has 8 heteroatoms. The summed E-state index contributed by atoms with van der Waals surface area (Å²) in [6.07, 6.45) is 6.89. The van der Waals surface area contributed by atoms with E-state index in [1.807, 2.05) is 29.4 Å². The molecule has 27 heavy (non-hydrogen) atoms. The zero-order chi connectivity index (χ0) is 18.6. The fourth-order valence-corrected chi connectivity index (χ4v) is 3.37. The zero-order valence-electron chi connectivity index (χ0n) is 15.3. The molecule has 0 saturated heterocycles. The standard InChI is InChI=1S/C19H22N6O2/c1-27-12-11-25-10-6-17(23-25)19(26)24-8-4-15-16(5-9-24)21-22-18(15)14-3-2-7-20-13-14/h2-3,6-7,10,13H,4-5,8-9,11-12H2,1H3,(H,21,22). The molecule has 0 fully saturated rings. The number of ether oxygens (including phenoxy) is 1. The van der Waals surface area contributed by atoms with E-state index in [2.05, 4.69) is 20.3 Å². The van der Waals surface area contributed by atoms with Crippen LogP contribution in [0.5, 0.6) is 0 Å². The molecular weight excluding hydrogens is 344 g/mol. The number of nitrogens with zero attached hydrogens (tertiary/aromatic N) is 5. The van der Waals surface area contributed by atoms with Gasteiger partial charge < -0.3 is 9.64 Å². The smallest absolute Gasteiger partial charge is 0.274 e. The van der Waals surface area contributed by atoms with Crippen molar-refractivity contribution in [2.45, 2.75) is 19.4 Å². The van der Waals surface area contributed by atoms with Gasteiger partial charge in [-0.05, 0) is 24.6 Å². The lowest BCUT2D eigenvalue weighted by atomic mass is 10.0. The maximum Gasteiger partial charge on any atom is 0.274 e. The van der Waals surface area contributed by atoms with E-state index in [9.17, 15) is 4.79 Å². The minimum absolute atomic E-state index is 0.0350. The van der Waals surface area contributed by atoms with E-state index in [-0.39, 0.29) is 5.91 Å². The van der Waals surface area contributed by atoms with E-state index in [1.165, 1.54) is 5.56 Å². The lowest BCUT2D eigenvalue weighted by Gasteiger charge is -2.19. The fraction of sp³-hybridized carbons (Fsp3) is 0.368. The number of carbonyl (C=O) groups excluding carboxylic acids is 1. The predicted octanol–water partition coefficient (Wildman–Crippen LogP) is 1.56. The van der Waals surface area contributed by atoms with Crippen molar-refractivity contribution in [1.82, 2.24) is 29.9 Å². The number of carbonyl (C=O) groups is 1. The molecule has 1 N–H and O–H groups in total. The summed E-state index contributed by atoms with van der Waals surface area (Å²) in [4.78, 5) is 18.9. The largest absolute Gasteiger partial charge is 0.383 e. The number of hydrogen-bond acceptors (Lipinski definition) is 5. The van der Waals surface area contributed by atoms with Crippen LogP contribution in [-0.4, -0.2) is 62.6 Å².